The van der Waals surface area contributed by atoms with Crippen molar-refractivity contribution < 1.29 is 18.0 Å². The number of rotatable bonds is 13. The van der Waals surface area contributed by atoms with E-state index in [1.165, 1.54) is 9.21 Å². The number of unbranched alkanes of at least 4 members (excludes halogenated alkanes) is 1. The molecule has 2 amide bonds. The molecule has 1 aliphatic heterocycles. The SMILES string of the molecule is CCCCNC(=O)C(Cc1ccccc1)N(Cc1c(Cl)cccc1Cl)C(=O)CCCN1c2cccc3cccc(c23)S1(=O)=O. The van der Waals surface area contributed by atoms with Crippen molar-refractivity contribution in [2.24, 2.45) is 0 Å². The van der Waals surface area contributed by atoms with Gasteiger partial charge >= 0.3 is 0 Å². The van der Waals surface area contributed by atoms with E-state index in [4.69, 9.17) is 23.2 Å². The van der Waals surface area contributed by atoms with E-state index in [0.717, 1.165) is 23.8 Å². The van der Waals surface area contributed by atoms with E-state index in [9.17, 15) is 18.0 Å². The minimum absolute atomic E-state index is 0.0218. The van der Waals surface area contributed by atoms with E-state index >= 15 is 0 Å². The van der Waals surface area contributed by atoms with Gasteiger partial charge in [0.1, 0.15) is 6.04 Å². The fraction of sp³-hybridized carbons (Fsp3) is 0.294. The molecule has 0 fully saturated rings. The van der Waals surface area contributed by atoms with Gasteiger partial charge in [0.2, 0.25) is 11.8 Å². The first kappa shape index (κ1) is 31.8. The second kappa shape index (κ2) is 14.0. The van der Waals surface area contributed by atoms with Gasteiger partial charge in [-0.25, -0.2) is 8.42 Å². The van der Waals surface area contributed by atoms with Gasteiger partial charge in [0.25, 0.3) is 10.0 Å². The largest absolute Gasteiger partial charge is 0.354 e. The molecular weight excluding hydrogens is 617 g/mol. The summed E-state index contributed by atoms with van der Waals surface area (Å²) in [5.41, 5.74) is 2.07. The predicted molar refractivity (Wildman–Crippen MR) is 177 cm³/mol. The Morgan fingerprint density at radius 2 is 1.57 bits per heavy atom. The van der Waals surface area contributed by atoms with Crippen LogP contribution in [0.25, 0.3) is 10.8 Å². The van der Waals surface area contributed by atoms with Gasteiger partial charge in [-0.05, 0) is 48.1 Å². The van der Waals surface area contributed by atoms with Gasteiger partial charge in [-0.1, -0.05) is 97.2 Å². The highest BCUT2D eigenvalue weighted by Gasteiger charge is 2.36. The first-order chi connectivity index (χ1) is 21.2. The second-order valence-electron chi connectivity index (χ2n) is 10.9. The average Bonchev–Trinajstić information content (AvgIpc) is 3.23. The van der Waals surface area contributed by atoms with Crippen molar-refractivity contribution in [3.8, 4) is 0 Å². The third kappa shape index (κ3) is 6.72. The molecule has 0 spiro atoms. The van der Waals surface area contributed by atoms with Crippen molar-refractivity contribution in [2.45, 2.75) is 56.5 Å². The fourth-order valence-corrected chi connectivity index (χ4v) is 7.90. The Morgan fingerprint density at radius 3 is 2.27 bits per heavy atom. The summed E-state index contributed by atoms with van der Waals surface area (Å²) in [6.45, 7) is 2.69. The fourth-order valence-electron chi connectivity index (χ4n) is 5.63. The van der Waals surface area contributed by atoms with Crippen molar-refractivity contribution in [3.05, 3.63) is 106 Å². The molecule has 4 aromatic rings. The zero-order chi connectivity index (χ0) is 31.3. The average molecular weight is 653 g/mol. The smallest absolute Gasteiger partial charge is 0.265 e. The minimum atomic E-state index is -3.75. The zero-order valence-electron chi connectivity index (χ0n) is 24.5. The van der Waals surface area contributed by atoms with E-state index in [2.05, 4.69) is 5.32 Å². The summed E-state index contributed by atoms with van der Waals surface area (Å²) < 4.78 is 28.3. The van der Waals surface area contributed by atoms with Crippen LogP contribution in [-0.4, -0.2) is 44.3 Å². The lowest BCUT2D eigenvalue weighted by molar-refractivity contribution is -0.141. The Balaban J connectivity index is 1.41. The molecular formula is C34H35Cl2N3O4S. The summed E-state index contributed by atoms with van der Waals surface area (Å²) >= 11 is 13.1. The molecule has 0 saturated carbocycles. The zero-order valence-corrected chi connectivity index (χ0v) is 26.8. The van der Waals surface area contributed by atoms with Crippen LogP contribution in [0.4, 0.5) is 5.69 Å². The molecule has 1 unspecified atom stereocenters. The number of nitrogens with zero attached hydrogens (tertiary/aromatic N) is 2. The van der Waals surface area contributed by atoms with Crippen LogP contribution in [0, 0.1) is 0 Å². The number of anilines is 1. The maximum Gasteiger partial charge on any atom is 0.265 e. The van der Waals surface area contributed by atoms with Gasteiger partial charge in [-0.15, -0.1) is 0 Å². The standard InChI is InChI=1S/C34H35Cl2N3O4S/c1-2-3-20-37-34(41)30(22-24-11-5-4-6-12-24)38(23-26-27(35)15-9-16-28(26)36)32(40)19-10-21-39-29-17-7-13-25-14-8-18-31(33(25)29)44(39,42)43/h4-9,11-18,30H,2-3,10,19-23H2,1H3,(H,37,41). The normalized spacial score (nSPS) is 14.0. The molecule has 230 valence electrons. The van der Waals surface area contributed by atoms with Crippen molar-refractivity contribution in [3.63, 3.8) is 0 Å². The van der Waals surface area contributed by atoms with E-state index < -0.39 is 16.1 Å². The van der Waals surface area contributed by atoms with Crippen LogP contribution >= 0.6 is 23.2 Å². The highest BCUT2D eigenvalue weighted by molar-refractivity contribution is 7.93. The first-order valence-corrected chi connectivity index (χ1v) is 17.0. The van der Waals surface area contributed by atoms with Crippen molar-refractivity contribution in [2.75, 3.05) is 17.4 Å². The van der Waals surface area contributed by atoms with Crippen LogP contribution in [0.2, 0.25) is 10.0 Å². The van der Waals surface area contributed by atoms with E-state index in [0.29, 0.717) is 39.6 Å². The molecule has 1 aliphatic rings. The molecule has 5 rings (SSSR count). The van der Waals surface area contributed by atoms with Crippen LogP contribution < -0.4 is 9.62 Å². The number of hydrogen-bond acceptors (Lipinski definition) is 4. The Kier molecular flexibility index (Phi) is 10.1. The van der Waals surface area contributed by atoms with Crippen molar-refractivity contribution in [1.29, 1.82) is 0 Å². The maximum atomic E-state index is 14.1. The molecule has 0 bridgehead atoms. The van der Waals surface area contributed by atoms with E-state index in [-0.39, 0.29) is 42.6 Å². The molecule has 7 nitrogen and oxygen atoms in total. The molecule has 0 saturated heterocycles. The summed E-state index contributed by atoms with van der Waals surface area (Å²) in [7, 11) is -3.75. The molecule has 1 atom stereocenters. The summed E-state index contributed by atoms with van der Waals surface area (Å²) in [5, 5.41) is 5.34. The first-order valence-electron chi connectivity index (χ1n) is 14.8. The third-order valence-electron chi connectivity index (χ3n) is 7.92. The number of nitrogens with one attached hydrogen (secondary N) is 1. The third-order valence-corrected chi connectivity index (χ3v) is 10.5. The predicted octanol–water partition coefficient (Wildman–Crippen LogP) is 6.99. The number of benzene rings is 4. The number of hydrogen-bond donors (Lipinski definition) is 1. The van der Waals surface area contributed by atoms with E-state index in [1.807, 2.05) is 55.5 Å². The summed E-state index contributed by atoms with van der Waals surface area (Å²) in [5.74, 6) is -0.553. The number of amides is 2. The van der Waals surface area contributed by atoms with Gasteiger partial charge < -0.3 is 10.2 Å². The van der Waals surface area contributed by atoms with Crippen molar-refractivity contribution in [1.82, 2.24) is 10.2 Å². The van der Waals surface area contributed by atoms with Gasteiger partial charge in [-0.3, -0.25) is 13.9 Å². The molecule has 10 heteroatoms. The number of sulfonamides is 1. The molecule has 1 N–H and O–H groups in total. The van der Waals surface area contributed by atoms with Crippen LogP contribution in [0.1, 0.15) is 43.7 Å². The molecule has 44 heavy (non-hydrogen) atoms. The molecule has 4 aromatic carbocycles. The highest BCUT2D eigenvalue weighted by atomic mass is 35.5. The number of carbonyl (C=O) groups is 2. The second-order valence-corrected chi connectivity index (χ2v) is 13.5. The number of halogens is 2. The number of carbonyl (C=O) groups excluding carboxylic acids is 2. The maximum absolute atomic E-state index is 14.1. The lowest BCUT2D eigenvalue weighted by Crippen LogP contribution is -2.50. The van der Waals surface area contributed by atoms with Gasteiger partial charge in [0.15, 0.2) is 0 Å². The summed E-state index contributed by atoms with van der Waals surface area (Å²) in [4.78, 5) is 29.6. The summed E-state index contributed by atoms with van der Waals surface area (Å²) in [6, 6.07) is 24.6. The van der Waals surface area contributed by atoms with Crippen LogP contribution in [0.15, 0.2) is 89.8 Å². The van der Waals surface area contributed by atoms with Crippen LogP contribution in [0.5, 0.6) is 0 Å². The van der Waals surface area contributed by atoms with Gasteiger partial charge in [0, 0.05) is 53.5 Å². The molecule has 0 aliphatic carbocycles. The molecule has 1 heterocycles. The summed E-state index contributed by atoms with van der Waals surface area (Å²) in [6.07, 6.45) is 2.30. The molecule has 0 radical (unpaired) electrons. The van der Waals surface area contributed by atoms with Gasteiger partial charge in [-0.2, -0.15) is 0 Å². The Bertz CT molecular complexity index is 1740. The Hall–Kier alpha value is -3.59. The quantitative estimate of drug-likeness (QED) is 0.158. The Morgan fingerprint density at radius 1 is 0.886 bits per heavy atom. The van der Waals surface area contributed by atoms with Crippen LogP contribution in [-0.2, 0) is 32.6 Å². The molecule has 0 aromatic heterocycles. The van der Waals surface area contributed by atoms with Crippen molar-refractivity contribution >= 4 is 61.5 Å². The Labute approximate surface area is 268 Å². The lowest BCUT2D eigenvalue weighted by atomic mass is 10.0. The monoisotopic (exact) mass is 651 g/mol. The van der Waals surface area contributed by atoms with Crippen LogP contribution in [0.3, 0.4) is 0 Å². The van der Waals surface area contributed by atoms with E-state index in [1.54, 1.807) is 36.4 Å². The topological polar surface area (TPSA) is 86.8 Å². The lowest BCUT2D eigenvalue weighted by Gasteiger charge is -2.32. The minimum Gasteiger partial charge on any atom is -0.354 e. The highest BCUT2D eigenvalue weighted by Crippen LogP contribution is 2.42. The van der Waals surface area contributed by atoms with Gasteiger partial charge in [0.05, 0.1) is 10.6 Å².